The molecule has 0 amide bonds. The third-order valence-electron chi connectivity index (χ3n) is 2.62. The van der Waals surface area contributed by atoms with Crippen molar-refractivity contribution in [3.63, 3.8) is 0 Å². The van der Waals surface area contributed by atoms with Gasteiger partial charge < -0.3 is 14.2 Å². The number of aldehydes is 1. The van der Waals surface area contributed by atoms with Crippen molar-refractivity contribution in [3.05, 3.63) is 24.3 Å². The molecule has 0 aliphatic rings. The zero-order valence-electron chi connectivity index (χ0n) is 13.6. The third kappa shape index (κ3) is 7.22. The standard InChI is InChI=1S/C17H24O5/c1-5-6-7-15(19)20-13-8-10-14(11-9-13)21-16(12-18)22-17(2,3)4/h8-12,16H,5-7H2,1-4H3. The van der Waals surface area contributed by atoms with Crippen LogP contribution in [0.15, 0.2) is 24.3 Å². The van der Waals surface area contributed by atoms with Gasteiger partial charge in [-0.2, -0.15) is 0 Å². The van der Waals surface area contributed by atoms with Crippen LogP contribution in [0.1, 0.15) is 47.0 Å². The first-order valence-electron chi connectivity index (χ1n) is 7.44. The van der Waals surface area contributed by atoms with Gasteiger partial charge in [-0.15, -0.1) is 0 Å². The molecule has 1 aromatic rings. The fraction of sp³-hybridized carbons (Fsp3) is 0.529. The number of rotatable bonds is 8. The summed E-state index contributed by atoms with van der Waals surface area (Å²) in [6.07, 6.45) is 1.79. The van der Waals surface area contributed by atoms with Gasteiger partial charge in [0.2, 0.25) is 0 Å². The second-order valence-electron chi connectivity index (χ2n) is 5.90. The maximum atomic E-state index is 11.5. The normalized spacial score (nSPS) is 12.5. The average Bonchev–Trinajstić information content (AvgIpc) is 2.45. The topological polar surface area (TPSA) is 61.8 Å². The first-order valence-corrected chi connectivity index (χ1v) is 7.44. The van der Waals surface area contributed by atoms with E-state index in [2.05, 4.69) is 0 Å². The van der Waals surface area contributed by atoms with Crippen molar-refractivity contribution >= 4 is 12.3 Å². The predicted octanol–water partition coefficient (Wildman–Crippen LogP) is 3.50. The first-order chi connectivity index (χ1) is 10.3. The lowest BCUT2D eigenvalue weighted by atomic mass is 10.2. The molecule has 0 saturated carbocycles. The van der Waals surface area contributed by atoms with Crippen LogP contribution in [-0.4, -0.2) is 24.1 Å². The number of carbonyl (C=O) groups excluding carboxylic acids is 2. The monoisotopic (exact) mass is 308 g/mol. The number of unbranched alkanes of at least 4 members (excludes halogenated alkanes) is 1. The molecule has 1 atom stereocenters. The third-order valence-corrected chi connectivity index (χ3v) is 2.62. The Morgan fingerprint density at radius 3 is 2.27 bits per heavy atom. The van der Waals surface area contributed by atoms with Gasteiger partial charge in [0, 0.05) is 6.42 Å². The fourth-order valence-corrected chi connectivity index (χ4v) is 1.65. The highest BCUT2D eigenvalue weighted by molar-refractivity contribution is 5.72. The van der Waals surface area contributed by atoms with E-state index in [9.17, 15) is 9.59 Å². The van der Waals surface area contributed by atoms with Crippen molar-refractivity contribution in [2.45, 2.75) is 58.8 Å². The maximum absolute atomic E-state index is 11.5. The van der Waals surface area contributed by atoms with E-state index >= 15 is 0 Å². The van der Waals surface area contributed by atoms with Crippen molar-refractivity contribution in [1.29, 1.82) is 0 Å². The van der Waals surface area contributed by atoms with Crippen LogP contribution in [0.3, 0.4) is 0 Å². The molecule has 22 heavy (non-hydrogen) atoms. The summed E-state index contributed by atoms with van der Waals surface area (Å²) in [5.74, 6) is 0.667. The van der Waals surface area contributed by atoms with Gasteiger partial charge in [-0.3, -0.25) is 9.59 Å². The van der Waals surface area contributed by atoms with Gasteiger partial charge in [0.15, 0.2) is 6.29 Å². The predicted molar refractivity (Wildman–Crippen MR) is 82.9 cm³/mol. The van der Waals surface area contributed by atoms with Crippen molar-refractivity contribution in [3.8, 4) is 11.5 Å². The van der Waals surface area contributed by atoms with Crippen LogP contribution in [0.5, 0.6) is 11.5 Å². The molecule has 0 aliphatic heterocycles. The molecule has 0 saturated heterocycles. The SMILES string of the molecule is CCCCC(=O)Oc1ccc(OC(C=O)OC(C)(C)C)cc1. The molecule has 0 bridgehead atoms. The number of benzene rings is 1. The Bertz CT molecular complexity index is 473. The largest absolute Gasteiger partial charge is 0.458 e. The highest BCUT2D eigenvalue weighted by Gasteiger charge is 2.19. The van der Waals surface area contributed by atoms with E-state index in [1.807, 2.05) is 27.7 Å². The Balaban J connectivity index is 2.57. The lowest BCUT2D eigenvalue weighted by molar-refractivity contribution is -0.161. The van der Waals surface area contributed by atoms with Crippen LogP contribution in [0.4, 0.5) is 0 Å². The summed E-state index contributed by atoms with van der Waals surface area (Å²) in [6, 6.07) is 6.51. The zero-order chi connectivity index (χ0) is 16.6. The second-order valence-corrected chi connectivity index (χ2v) is 5.90. The van der Waals surface area contributed by atoms with E-state index in [1.165, 1.54) is 0 Å². The van der Waals surface area contributed by atoms with Crippen LogP contribution in [0.2, 0.25) is 0 Å². The first kappa shape index (κ1) is 18.2. The molecule has 5 nitrogen and oxygen atoms in total. The number of ether oxygens (including phenoxy) is 3. The molecule has 0 N–H and O–H groups in total. The maximum Gasteiger partial charge on any atom is 0.311 e. The Hall–Kier alpha value is -1.88. The summed E-state index contributed by atoms with van der Waals surface area (Å²) < 4.78 is 16.1. The van der Waals surface area contributed by atoms with E-state index in [0.717, 1.165) is 12.8 Å². The summed E-state index contributed by atoms with van der Waals surface area (Å²) in [6.45, 7) is 7.53. The van der Waals surface area contributed by atoms with Gasteiger partial charge in [-0.25, -0.2) is 0 Å². The van der Waals surface area contributed by atoms with Gasteiger partial charge in [-0.05, 0) is 51.5 Å². The number of carbonyl (C=O) groups is 2. The van der Waals surface area contributed by atoms with Gasteiger partial charge >= 0.3 is 5.97 Å². The molecule has 0 fully saturated rings. The minimum absolute atomic E-state index is 0.252. The summed E-state index contributed by atoms with van der Waals surface area (Å²) in [7, 11) is 0. The lowest BCUT2D eigenvalue weighted by Crippen LogP contribution is -2.32. The number of hydrogen-bond donors (Lipinski definition) is 0. The van der Waals surface area contributed by atoms with Gasteiger partial charge in [0.05, 0.1) is 5.60 Å². The van der Waals surface area contributed by atoms with Crippen molar-refractivity contribution in [2.24, 2.45) is 0 Å². The van der Waals surface area contributed by atoms with Crippen LogP contribution in [-0.2, 0) is 14.3 Å². The highest BCUT2D eigenvalue weighted by atomic mass is 16.7. The Kier molecular flexibility index (Phi) is 7.05. The molecule has 1 rings (SSSR count). The smallest absolute Gasteiger partial charge is 0.311 e. The molecule has 0 heterocycles. The molecule has 0 spiro atoms. The van der Waals surface area contributed by atoms with E-state index < -0.39 is 11.9 Å². The summed E-state index contributed by atoms with van der Waals surface area (Å²) >= 11 is 0. The minimum Gasteiger partial charge on any atom is -0.458 e. The number of hydrogen-bond acceptors (Lipinski definition) is 5. The zero-order valence-corrected chi connectivity index (χ0v) is 13.6. The van der Waals surface area contributed by atoms with E-state index in [1.54, 1.807) is 24.3 Å². The quantitative estimate of drug-likeness (QED) is 0.318. The van der Waals surface area contributed by atoms with Crippen LogP contribution < -0.4 is 9.47 Å². The van der Waals surface area contributed by atoms with E-state index in [4.69, 9.17) is 14.2 Å². The molecule has 0 radical (unpaired) electrons. The molecule has 0 aliphatic carbocycles. The lowest BCUT2D eigenvalue weighted by Gasteiger charge is -2.24. The van der Waals surface area contributed by atoms with E-state index in [0.29, 0.717) is 24.2 Å². The molecule has 0 aromatic heterocycles. The molecule has 1 unspecified atom stereocenters. The number of esters is 1. The minimum atomic E-state index is -0.974. The van der Waals surface area contributed by atoms with Crippen LogP contribution in [0, 0.1) is 0 Å². The van der Waals surface area contributed by atoms with Gasteiger partial charge in [0.1, 0.15) is 11.5 Å². The fourth-order valence-electron chi connectivity index (χ4n) is 1.65. The molecular weight excluding hydrogens is 284 g/mol. The Labute approximate surface area is 131 Å². The van der Waals surface area contributed by atoms with Crippen molar-refractivity contribution < 1.29 is 23.8 Å². The Morgan fingerprint density at radius 2 is 1.77 bits per heavy atom. The second kappa shape index (κ2) is 8.54. The van der Waals surface area contributed by atoms with Gasteiger partial charge in [0.25, 0.3) is 6.29 Å². The van der Waals surface area contributed by atoms with E-state index in [-0.39, 0.29) is 5.97 Å². The Morgan fingerprint density at radius 1 is 1.18 bits per heavy atom. The highest BCUT2D eigenvalue weighted by Crippen LogP contribution is 2.20. The molecular formula is C17H24O5. The van der Waals surface area contributed by atoms with Gasteiger partial charge in [-0.1, -0.05) is 13.3 Å². The van der Waals surface area contributed by atoms with Crippen molar-refractivity contribution in [1.82, 2.24) is 0 Å². The average molecular weight is 308 g/mol. The molecule has 122 valence electrons. The summed E-state index contributed by atoms with van der Waals surface area (Å²) in [5, 5.41) is 0. The summed E-state index contributed by atoms with van der Waals surface area (Å²) in [4.78, 5) is 22.5. The molecule has 1 aromatic carbocycles. The van der Waals surface area contributed by atoms with Crippen molar-refractivity contribution in [2.75, 3.05) is 0 Å². The van der Waals surface area contributed by atoms with Crippen LogP contribution >= 0.6 is 0 Å². The van der Waals surface area contributed by atoms with Crippen LogP contribution in [0.25, 0.3) is 0 Å². The summed E-state index contributed by atoms with van der Waals surface area (Å²) in [5.41, 5.74) is -0.486. The molecule has 5 heteroatoms.